The molecule has 0 bridgehead atoms. The number of hydrogen-bond acceptors (Lipinski definition) is 5. The van der Waals surface area contributed by atoms with Gasteiger partial charge >= 0.3 is 5.97 Å². The summed E-state index contributed by atoms with van der Waals surface area (Å²) in [5.41, 5.74) is 0.433. The Bertz CT molecular complexity index is 930. The molecule has 2 rings (SSSR count). The third-order valence-electron chi connectivity index (χ3n) is 4.61. The average molecular weight is 480 g/mol. The number of carboxylic acids is 1. The number of carbonyl (C=O) groups is 2. The normalized spacial score (nSPS) is 13.4. The molecule has 30 heavy (non-hydrogen) atoms. The van der Waals surface area contributed by atoms with Gasteiger partial charge in [-0.3, -0.25) is 4.79 Å². The van der Waals surface area contributed by atoms with Crippen molar-refractivity contribution in [3.8, 4) is 5.75 Å². The number of carbonyl (C=O) groups excluding carboxylic acids is 1. The maximum atomic E-state index is 13.0. The fourth-order valence-electron chi connectivity index (χ4n) is 2.42. The van der Waals surface area contributed by atoms with Crippen molar-refractivity contribution in [3.63, 3.8) is 0 Å². The summed E-state index contributed by atoms with van der Waals surface area (Å²) in [6, 6.07) is 10.3. The van der Waals surface area contributed by atoms with Gasteiger partial charge in [0.25, 0.3) is 0 Å². The zero-order valence-corrected chi connectivity index (χ0v) is 18.1. The van der Waals surface area contributed by atoms with Gasteiger partial charge in [0.15, 0.2) is 0 Å². The first-order valence-electron chi connectivity index (χ1n) is 9.24. The van der Waals surface area contributed by atoms with Gasteiger partial charge in [0.2, 0.25) is 5.78 Å². The first-order valence-corrected chi connectivity index (χ1v) is 10.0. The minimum Gasteiger partial charge on any atom is -0.489 e. The quantitative estimate of drug-likeness (QED) is 0.207. The zero-order valence-electron chi connectivity index (χ0n) is 16.6. The monoisotopic (exact) mass is 479 g/mol. The van der Waals surface area contributed by atoms with Crippen molar-refractivity contribution in [2.45, 2.75) is 26.5 Å². The summed E-state index contributed by atoms with van der Waals surface area (Å²) in [7, 11) is 0. The molecule has 0 saturated heterocycles. The number of aliphatic carboxylic acids is 1. The molecule has 8 heteroatoms. The summed E-state index contributed by atoms with van der Waals surface area (Å²) in [4.78, 5) is 24.5. The van der Waals surface area contributed by atoms with Crippen LogP contribution >= 0.6 is 15.9 Å². The van der Waals surface area contributed by atoms with Gasteiger partial charge in [0.1, 0.15) is 23.7 Å². The molecule has 6 nitrogen and oxygen atoms in total. The van der Waals surface area contributed by atoms with E-state index in [1.165, 1.54) is 18.2 Å². The lowest BCUT2D eigenvalue weighted by atomic mass is 10.0. The van der Waals surface area contributed by atoms with Crippen LogP contribution in [0.4, 0.5) is 4.39 Å². The number of Topliss-reactive ketones (excluding diaryl/α,β-unsaturated/α-hetero) is 1. The molecule has 0 radical (unpaired) electrons. The van der Waals surface area contributed by atoms with Crippen molar-refractivity contribution in [1.29, 1.82) is 0 Å². The highest BCUT2D eigenvalue weighted by molar-refractivity contribution is 9.10. The molecule has 3 N–H and O–H groups in total. The highest BCUT2D eigenvalue weighted by Crippen LogP contribution is 2.26. The topological polar surface area (TPSA) is 95.9 Å². The second-order valence-electron chi connectivity index (χ2n) is 6.86. The van der Waals surface area contributed by atoms with E-state index in [9.17, 15) is 24.2 Å². The maximum absolute atomic E-state index is 13.0. The van der Waals surface area contributed by atoms with E-state index in [4.69, 9.17) is 4.74 Å². The van der Waals surface area contributed by atoms with Gasteiger partial charge < -0.3 is 20.3 Å². The standard InChI is InChI=1S/C22H23BrFNO5/c1-13(11-26)14(2)25-10-19(22(28)29)21(27)18-9-17(7-8-20(18)23)30-12-15-3-5-16(24)6-4-15/h3-10,13-14,25-26H,11-12H2,1-2H3,(H,28,29). The lowest BCUT2D eigenvalue weighted by Crippen LogP contribution is -2.31. The smallest absolute Gasteiger partial charge is 0.341 e. The Hall–Kier alpha value is -2.71. The Balaban J connectivity index is 2.20. The van der Waals surface area contributed by atoms with Crippen LogP contribution in [-0.4, -0.2) is 34.6 Å². The van der Waals surface area contributed by atoms with Gasteiger partial charge in [-0.15, -0.1) is 0 Å². The van der Waals surface area contributed by atoms with Crippen molar-refractivity contribution in [2.24, 2.45) is 5.92 Å². The Morgan fingerprint density at radius 1 is 1.20 bits per heavy atom. The molecular formula is C22H23BrFNO5. The Kier molecular flexibility index (Phi) is 8.56. The Morgan fingerprint density at radius 2 is 1.87 bits per heavy atom. The molecule has 0 fully saturated rings. The molecule has 2 unspecified atom stereocenters. The number of benzene rings is 2. The van der Waals surface area contributed by atoms with Crippen molar-refractivity contribution in [3.05, 3.63) is 75.7 Å². The number of hydrogen-bond donors (Lipinski definition) is 3. The molecule has 0 aliphatic carbocycles. The molecular weight excluding hydrogens is 457 g/mol. The van der Waals surface area contributed by atoms with Crippen LogP contribution in [0.25, 0.3) is 0 Å². The van der Waals surface area contributed by atoms with Crippen LogP contribution in [0.5, 0.6) is 5.75 Å². The molecule has 2 atom stereocenters. The predicted octanol–water partition coefficient (Wildman–Crippen LogP) is 3.92. The van der Waals surface area contributed by atoms with Crippen molar-refractivity contribution in [1.82, 2.24) is 5.32 Å². The van der Waals surface area contributed by atoms with E-state index in [-0.39, 0.29) is 36.6 Å². The second-order valence-corrected chi connectivity index (χ2v) is 7.72. The minimum absolute atomic E-state index is 0.0721. The van der Waals surface area contributed by atoms with Crippen LogP contribution in [0.2, 0.25) is 0 Å². The van der Waals surface area contributed by atoms with Gasteiger partial charge in [-0.05, 0) is 48.7 Å². The summed E-state index contributed by atoms with van der Waals surface area (Å²) in [6.07, 6.45) is 1.15. The van der Waals surface area contributed by atoms with Crippen molar-refractivity contribution in [2.75, 3.05) is 6.61 Å². The van der Waals surface area contributed by atoms with Gasteiger partial charge in [-0.25, -0.2) is 9.18 Å². The maximum Gasteiger partial charge on any atom is 0.341 e. The van der Waals surface area contributed by atoms with Crippen molar-refractivity contribution >= 4 is 27.7 Å². The molecule has 2 aromatic rings. The molecule has 160 valence electrons. The van der Waals surface area contributed by atoms with Crippen LogP contribution < -0.4 is 10.1 Å². The van der Waals surface area contributed by atoms with E-state index in [1.807, 2.05) is 0 Å². The van der Waals surface area contributed by atoms with Crippen LogP contribution in [0.3, 0.4) is 0 Å². The number of nitrogens with one attached hydrogen (secondary N) is 1. The molecule has 0 aliphatic rings. The van der Waals surface area contributed by atoms with Crippen molar-refractivity contribution < 1.29 is 28.9 Å². The highest BCUT2D eigenvalue weighted by Gasteiger charge is 2.23. The molecule has 0 spiro atoms. The average Bonchev–Trinajstić information content (AvgIpc) is 2.73. The van der Waals surface area contributed by atoms with E-state index in [2.05, 4.69) is 21.2 Å². The number of aliphatic hydroxyl groups is 1. The first kappa shape index (κ1) is 23.6. The predicted molar refractivity (Wildman–Crippen MR) is 114 cm³/mol. The SMILES string of the molecule is CC(CO)C(C)NC=C(C(=O)O)C(=O)c1cc(OCc2ccc(F)cc2)ccc1Br. The van der Waals surface area contributed by atoms with Crippen LogP contribution in [-0.2, 0) is 11.4 Å². The van der Waals surface area contributed by atoms with E-state index < -0.39 is 17.3 Å². The summed E-state index contributed by atoms with van der Waals surface area (Å²) in [5.74, 6) is -2.18. The van der Waals surface area contributed by atoms with E-state index in [0.717, 1.165) is 11.8 Å². The Morgan fingerprint density at radius 3 is 2.47 bits per heavy atom. The summed E-state index contributed by atoms with van der Waals surface area (Å²) >= 11 is 3.28. The van der Waals surface area contributed by atoms with E-state index in [0.29, 0.717) is 10.2 Å². The van der Waals surface area contributed by atoms with E-state index >= 15 is 0 Å². The molecule has 0 saturated carbocycles. The molecule has 0 heterocycles. The van der Waals surface area contributed by atoms with Gasteiger partial charge in [-0.2, -0.15) is 0 Å². The molecule has 0 aromatic heterocycles. The van der Waals surface area contributed by atoms with Crippen LogP contribution in [0, 0.1) is 11.7 Å². The highest BCUT2D eigenvalue weighted by atomic mass is 79.9. The Labute approximate surface area is 182 Å². The van der Waals surface area contributed by atoms with Gasteiger partial charge in [0, 0.05) is 28.9 Å². The summed E-state index contributed by atoms with van der Waals surface area (Å²) in [5, 5.41) is 21.5. The minimum atomic E-state index is -1.37. The van der Waals surface area contributed by atoms with E-state index in [1.54, 1.807) is 38.1 Å². The second kappa shape index (κ2) is 10.9. The fraction of sp³-hybridized carbons (Fsp3) is 0.273. The number of rotatable bonds is 10. The number of carboxylic acid groups (broad SMARTS) is 1. The van der Waals surface area contributed by atoms with Gasteiger partial charge in [0.05, 0.1) is 0 Å². The first-order chi connectivity index (χ1) is 14.2. The lowest BCUT2D eigenvalue weighted by molar-refractivity contribution is -0.132. The zero-order chi connectivity index (χ0) is 22.3. The third kappa shape index (κ3) is 6.40. The third-order valence-corrected chi connectivity index (χ3v) is 5.30. The van der Waals surface area contributed by atoms with Crippen LogP contribution in [0.1, 0.15) is 29.8 Å². The van der Waals surface area contributed by atoms with Gasteiger partial charge in [-0.1, -0.05) is 35.0 Å². The molecule has 0 aliphatic heterocycles. The number of halogens is 2. The molecule has 0 amide bonds. The fourth-order valence-corrected chi connectivity index (χ4v) is 2.85. The molecule has 2 aromatic carbocycles. The summed E-state index contributed by atoms with van der Waals surface area (Å²) in [6.45, 7) is 3.67. The number of ketones is 1. The number of ether oxygens (including phenoxy) is 1. The number of aliphatic hydroxyl groups excluding tert-OH is 1. The lowest BCUT2D eigenvalue weighted by Gasteiger charge is -2.18. The summed E-state index contributed by atoms with van der Waals surface area (Å²) < 4.78 is 19.1. The largest absolute Gasteiger partial charge is 0.489 e. The van der Waals surface area contributed by atoms with Crippen LogP contribution in [0.15, 0.2) is 58.7 Å².